The lowest BCUT2D eigenvalue weighted by Crippen LogP contribution is -2.40. The molecule has 1 saturated heterocycles. The molecule has 4 nitrogen and oxygen atoms in total. The Morgan fingerprint density at radius 1 is 1.48 bits per heavy atom. The van der Waals surface area contributed by atoms with Gasteiger partial charge in [-0.15, -0.1) is 11.3 Å². The summed E-state index contributed by atoms with van der Waals surface area (Å²) in [6.45, 7) is 2.22. The summed E-state index contributed by atoms with van der Waals surface area (Å²) in [5.41, 5.74) is 6.12. The van der Waals surface area contributed by atoms with Crippen molar-refractivity contribution in [3.05, 3.63) is 22.4 Å². The summed E-state index contributed by atoms with van der Waals surface area (Å²) in [7, 11) is 0. The maximum absolute atomic E-state index is 12.6. The molecule has 2 aliphatic rings. The molecular weight excluding hydrogens is 284 g/mol. The van der Waals surface area contributed by atoms with Crippen molar-refractivity contribution in [3.8, 4) is 0 Å². The van der Waals surface area contributed by atoms with Gasteiger partial charge >= 0.3 is 0 Å². The fourth-order valence-electron chi connectivity index (χ4n) is 2.90. The third kappa shape index (κ3) is 4.28. The molecule has 1 amide bonds. The molecule has 3 rings (SSSR count). The van der Waals surface area contributed by atoms with Gasteiger partial charge in [-0.05, 0) is 43.0 Å². The third-order valence-electron chi connectivity index (χ3n) is 4.37. The van der Waals surface area contributed by atoms with Gasteiger partial charge in [0.2, 0.25) is 5.91 Å². The van der Waals surface area contributed by atoms with Crippen LogP contribution < -0.4 is 5.73 Å². The van der Waals surface area contributed by atoms with Crippen LogP contribution in [-0.2, 0) is 16.1 Å². The first-order valence-corrected chi connectivity index (χ1v) is 8.77. The van der Waals surface area contributed by atoms with Crippen LogP contribution in [0.5, 0.6) is 0 Å². The second-order valence-electron chi connectivity index (χ2n) is 6.19. The normalized spacial score (nSPS) is 23.2. The van der Waals surface area contributed by atoms with Gasteiger partial charge in [0.1, 0.15) is 0 Å². The second kappa shape index (κ2) is 6.90. The first-order valence-electron chi connectivity index (χ1n) is 7.89. The number of nitrogens with zero attached hydrogens (tertiary/aromatic N) is 1. The van der Waals surface area contributed by atoms with E-state index in [1.807, 2.05) is 11.0 Å². The third-order valence-corrected chi connectivity index (χ3v) is 5.23. The number of carbonyl (C=O) groups is 1. The van der Waals surface area contributed by atoms with Crippen LogP contribution in [0.15, 0.2) is 17.5 Å². The zero-order valence-electron chi connectivity index (χ0n) is 12.4. The van der Waals surface area contributed by atoms with E-state index in [-0.39, 0.29) is 18.1 Å². The van der Waals surface area contributed by atoms with Gasteiger partial charge in [-0.3, -0.25) is 4.79 Å². The molecule has 0 spiro atoms. The van der Waals surface area contributed by atoms with Crippen LogP contribution in [0.25, 0.3) is 0 Å². The number of ether oxygens (including phenoxy) is 1. The maximum Gasteiger partial charge on any atom is 0.224 e. The van der Waals surface area contributed by atoms with Crippen LogP contribution in [-0.4, -0.2) is 36.1 Å². The lowest BCUT2D eigenvalue weighted by atomic mass is 10.1. The Bertz CT molecular complexity index is 453. The van der Waals surface area contributed by atoms with Crippen molar-refractivity contribution in [2.45, 2.75) is 50.8 Å². The van der Waals surface area contributed by atoms with Gasteiger partial charge in [-0.25, -0.2) is 0 Å². The molecule has 116 valence electrons. The molecule has 2 fully saturated rings. The van der Waals surface area contributed by atoms with E-state index in [2.05, 4.69) is 11.4 Å². The molecule has 2 heterocycles. The molecule has 1 saturated carbocycles. The maximum atomic E-state index is 12.6. The summed E-state index contributed by atoms with van der Waals surface area (Å²) in [5.74, 6) is 0.749. The van der Waals surface area contributed by atoms with Gasteiger partial charge in [0.15, 0.2) is 0 Å². The predicted octanol–water partition coefficient (Wildman–Crippen LogP) is 2.38. The SMILES string of the molecule is NC(CC(=O)N(Cc1cccs1)CC1CCCO1)C1CC1. The summed E-state index contributed by atoms with van der Waals surface area (Å²) in [4.78, 5) is 15.8. The number of rotatable bonds is 7. The molecule has 2 atom stereocenters. The van der Waals surface area contributed by atoms with Crippen molar-refractivity contribution in [3.63, 3.8) is 0 Å². The largest absolute Gasteiger partial charge is 0.376 e. The van der Waals surface area contributed by atoms with Gasteiger partial charge in [0.25, 0.3) is 0 Å². The first kappa shape index (κ1) is 15.0. The number of thiophene rings is 1. The van der Waals surface area contributed by atoms with Crippen LogP contribution in [0.1, 0.15) is 37.0 Å². The number of carbonyl (C=O) groups excluding carboxylic acids is 1. The minimum Gasteiger partial charge on any atom is -0.376 e. The highest BCUT2D eigenvalue weighted by molar-refractivity contribution is 7.09. The number of hydrogen-bond donors (Lipinski definition) is 1. The van der Waals surface area contributed by atoms with E-state index in [1.165, 1.54) is 17.7 Å². The molecule has 2 N–H and O–H groups in total. The molecule has 21 heavy (non-hydrogen) atoms. The van der Waals surface area contributed by atoms with Crippen LogP contribution in [0, 0.1) is 5.92 Å². The summed E-state index contributed by atoms with van der Waals surface area (Å²) >= 11 is 1.70. The zero-order valence-corrected chi connectivity index (χ0v) is 13.2. The highest BCUT2D eigenvalue weighted by Crippen LogP contribution is 2.33. The average molecular weight is 308 g/mol. The summed E-state index contributed by atoms with van der Waals surface area (Å²) in [6, 6.07) is 4.15. The van der Waals surface area contributed by atoms with Crippen molar-refractivity contribution in [1.29, 1.82) is 0 Å². The average Bonchev–Trinajstić information content (AvgIpc) is 2.97. The van der Waals surface area contributed by atoms with Crippen LogP contribution >= 0.6 is 11.3 Å². The van der Waals surface area contributed by atoms with E-state index >= 15 is 0 Å². The Morgan fingerprint density at radius 3 is 2.95 bits per heavy atom. The molecule has 1 aliphatic carbocycles. The highest BCUT2D eigenvalue weighted by Gasteiger charge is 2.32. The van der Waals surface area contributed by atoms with Crippen LogP contribution in [0.2, 0.25) is 0 Å². The van der Waals surface area contributed by atoms with E-state index in [0.29, 0.717) is 25.4 Å². The van der Waals surface area contributed by atoms with E-state index in [0.717, 1.165) is 19.4 Å². The Labute approximate surface area is 130 Å². The Balaban J connectivity index is 1.60. The van der Waals surface area contributed by atoms with Crippen LogP contribution in [0.3, 0.4) is 0 Å². The van der Waals surface area contributed by atoms with Crippen LogP contribution in [0.4, 0.5) is 0 Å². The van der Waals surface area contributed by atoms with Crippen molar-refractivity contribution in [2.75, 3.05) is 13.2 Å². The number of hydrogen-bond acceptors (Lipinski definition) is 4. The van der Waals surface area contributed by atoms with Crippen molar-refractivity contribution >= 4 is 17.2 Å². The topological polar surface area (TPSA) is 55.6 Å². The number of nitrogens with two attached hydrogens (primary N) is 1. The Hall–Kier alpha value is -0.910. The molecular formula is C16H24N2O2S. The highest BCUT2D eigenvalue weighted by atomic mass is 32.1. The lowest BCUT2D eigenvalue weighted by molar-refractivity contribution is -0.133. The van der Waals surface area contributed by atoms with Gasteiger partial charge in [0.05, 0.1) is 12.6 Å². The van der Waals surface area contributed by atoms with Gasteiger partial charge < -0.3 is 15.4 Å². The predicted molar refractivity (Wildman–Crippen MR) is 84.0 cm³/mol. The van der Waals surface area contributed by atoms with E-state index < -0.39 is 0 Å². The second-order valence-corrected chi connectivity index (χ2v) is 7.23. The fraction of sp³-hybridized carbons (Fsp3) is 0.688. The minimum absolute atomic E-state index is 0.0350. The van der Waals surface area contributed by atoms with Gasteiger partial charge in [-0.1, -0.05) is 6.07 Å². The fourth-order valence-corrected chi connectivity index (χ4v) is 3.62. The first-order chi connectivity index (χ1) is 10.2. The molecule has 1 aliphatic heterocycles. The van der Waals surface area contributed by atoms with E-state index in [1.54, 1.807) is 11.3 Å². The minimum atomic E-state index is 0.0350. The summed E-state index contributed by atoms with van der Waals surface area (Å²) < 4.78 is 5.70. The van der Waals surface area contributed by atoms with Crippen molar-refractivity contribution < 1.29 is 9.53 Å². The summed E-state index contributed by atoms with van der Waals surface area (Å²) in [5, 5.41) is 2.06. The van der Waals surface area contributed by atoms with Gasteiger partial charge in [-0.2, -0.15) is 0 Å². The molecule has 0 bridgehead atoms. The standard InChI is InChI=1S/C16H24N2O2S/c17-15(12-5-6-12)9-16(19)18(10-13-3-1-7-20-13)11-14-4-2-8-21-14/h2,4,8,12-13,15H,1,3,5-7,9-11,17H2. The molecule has 5 heteroatoms. The molecule has 1 aromatic rings. The molecule has 0 aromatic carbocycles. The quantitative estimate of drug-likeness (QED) is 0.841. The zero-order chi connectivity index (χ0) is 14.7. The Kier molecular flexibility index (Phi) is 4.93. The Morgan fingerprint density at radius 2 is 2.33 bits per heavy atom. The van der Waals surface area contributed by atoms with Gasteiger partial charge in [0, 0.05) is 30.5 Å². The number of amides is 1. The lowest BCUT2D eigenvalue weighted by Gasteiger charge is -2.26. The monoisotopic (exact) mass is 308 g/mol. The summed E-state index contributed by atoms with van der Waals surface area (Å²) in [6.07, 6.45) is 5.21. The van der Waals surface area contributed by atoms with E-state index in [4.69, 9.17) is 10.5 Å². The van der Waals surface area contributed by atoms with Crippen molar-refractivity contribution in [2.24, 2.45) is 11.7 Å². The van der Waals surface area contributed by atoms with Crippen molar-refractivity contribution in [1.82, 2.24) is 4.90 Å². The molecule has 2 unspecified atom stereocenters. The molecule has 0 radical (unpaired) electrons. The molecule has 1 aromatic heterocycles. The smallest absolute Gasteiger partial charge is 0.224 e. The van der Waals surface area contributed by atoms with E-state index in [9.17, 15) is 4.79 Å².